The van der Waals surface area contributed by atoms with Crippen LogP contribution in [0.1, 0.15) is 13.8 Å². The van der Waals surface area contributed by atoms with Crippen molar-refractivity contribution in [3.63, 3.8) is 0 Å². The van der Waals surface area contributed by atoms with Crippen LogP contribution in [0.5, 0.6) is 5.75 Å². The summed E-state index contributed by atoms with van der Waals surface area (Å²) in [5.74, 6) is 0.558. The van der Waals surface area contributed by atoms with Crippen LogP contribution in [-0.4, -0.2) is 56.4 Å². The largest absolute Gasteiger partial charge is 0.495 e. The molecule has 1 aliphatic rings. The van der Waals surface area contributed by atoms with Gasteiger partial charge in [-0.2, -0.15) is 0 Å². The molecule has 0 aliphatic carbocycles. The summed E-state index contributed by atoms with van der Waals surface area (Å²) in [4.78, 5) is 14.6. The lowest BCUT2D eigenvalue weighted by molar-refractivity contribution is 0.0896. The third-order valence-corrected chi connectivity index (χ3v) is 4.29. The number of likely N-dealkylation sites (tertiary alicyclic amines) is 1. The first-order valence-electron chi connectivity index (χ1n) is 7.62. The van der Waals surface area contributed by atoms with Crippen LogP contribution >= 0.6 is 11.6 Å². The fraction of sp³-hybridized carbons (Fsp3) is 0.562. The van der Waals surface area contributed by atoms with Crippen LogP contribution in [0.25, 0.3) is 0 Å². The number of anilines is 1. The Hall–Kier alpha value is -1.50. The maximum Gasteiger partial charge on any atom is 0.319 e. The molecule has 6 nitrogen and oxygen atoms in total. The summed E-state index contributed by atoms with van der Waals surface area (Å²) >= 11 is 5.97. The van der Waals surface area contributed by atoms with Gasteiger partial charge in [-0.25, -0.2) is 4.79 Å². The van der Waals surface area contributed by atoms with Gasteiger partial charge in [0.1, 0.15) is 5.75 Å². The molecular formula is C16H24ClN3O3. The maximum absolute atomic E-state index is 12.3. The molecule has 0 unspecified atom stereocenters. The van der Waals surface area contributed by atoms with Crippen LogP contribution in [0.2, 0.25) is 5.02 Å². The summed E-state index contributed by atoms with van der Waals surface area (Å²) in [5, 5.41) is 6.28. The van der Waals surface area contributed by atoms with Crippen LogP contribution in [0.15, 0.2) is 18.2 Å². The van der Waals surface area contributed by atoms with E-state index in [1.807, 2.05) is 0 Å². The molecule has 1 fully saturated rings. The molecule has 7 heteroatoms. The maximum atomic E-state index is 12.3. The number of carbonyl (C=O) groups is 1. The first-order valence-corrected chi connectivity index (χ1v) is 8.00. The normalized spacial score (nSPS) is 21.5. The Bertz CT molecular complexity index is 553. The summed E-state index contributed by atoms with van der Waals surface area (Å²) in [6, 6.07) is 5.13. The SMILES string of the molecule is COc1ccc(Cl)cc1NC(=O)N[C@H]1CN(C(C)C)C[C@@H]1OC. The number of halogens is 1. The topological polar surface area (TPSA) is 62.8 Å². The van der Waals surface area contributed by atoms with Crippen molar-refractivity contribution < 1.29 is 14.3 Å². The van der Waals surface area contributed by atoms with Crippen LogP contribution in [0.4, 0.5) is 10.5 Å². The van der Waals surface area contributed by atoms with Gasteiger partial charge in [-0.3, -0.25) is 4.90 Å². The molecule has 0 spiro atoms. The van der Waals surface area contributed by atoms with Gasteiger partial charge in [0.05, 0.1) is 24.9 Å². The van der Waals surface area contributed by atoms with Crippen molar-refractivity contribution in [2.45, 2.75) is 32.0 Å². The molecular weight excluding hydrogens is 318 g/mol. The first kappa shape index (κ1) is 17.8. The Kier molecular flexibility index (Phi) is 6.10. The Labute approximate surface area is 142 Å². The zero-order chi connectivity index (χ0) is 17.0. The smallest absolute Gasteiger partial charge is 0.319 e. The minimum atomic E-state index is -0.303. The summed E-state index contributed by atoms with van der Waals surface area (Å²) < 4.78 is 10.7. The van der Waals surface area contributed by atoms with Crippen LogP contribution < -0.4 is 15.4 Å². The average Bonchev–Trinajstić information content (AvgIpc) is 2.90. The van der Waals surface area contributed by atoms with Gasteiger partial charge in [0.15, 0.2) is 0 Å². The monoisotopic (exact) mass is 341 g/mol. The minimum absolute atomic E-state index is 0.0237. The van der Waals surface area contributed by atoms with Crippen molar-refractivity contribution >= 4 is 23.3 Å². The highest BCUT2D eigenvalue weighted by Gasteiger charge is 2.35. The lowest BCUT2D eigenvalue weighted by Crippen LogP contribution is -2.45. The standard InChI is InChI=1S/C16H24ClN3O3/c1-10(2)20-8-13(15(9-20)23-4)19-16(21)18-12-7-11(17)5-6-14(12)22-3/h5-7,10,13,15H,8-9H2,1-4H3,(H2,18,19,21)/t13-,15-/m0/s1. The van der Waals surface area contributed by atoms with Gasteiger partial charge in [-0.05, 0) is 32.0 Å². The molecule has 1 saturated heterocycles. The Morgan fingerprint density at radius 1 is 1.35 bits per heavy atom. The lowest BCUT2D eigenvalue weighted by Gasteiger charge is -2.20. The van der Waals surface area contributed by atoms with E-state index in [1.165, 1.54) is 0 Å². The van der Waals surface area contributed by atoms with E-state index in [1.54, 1.807) is 32.4 Å². The number of hydrogen-bond acceptors (Lipinski definition) is 4. The summed E-state index contributed by atoms with van der Waals surface area (Å²) in [7, 11) is 3.21. The number of methoxy groups -OCH3 is 2. The molecule has 0 aromatic heterocycles. The van der Waals surface area contributed by atoms with Crippen LogP contribution in [0, 0.1) is 0 Å². The number of rotatable bonds is 5. The van der Waals surface area contributed by atoms with Crippen molar-refractivity contribution in [1.29, 1.82) is 0 Å². The van der Waals surface area contributed by atoms with E-state index in [0.717, 1.165) is 13.1 Å². The zero-order valence-electron chi connectivity index (χ0n) is 13.9. The second-order valence-electron chi connectivity index (χ2n) is 5.87. The van der Waals surface area contributed by atoms with Gasteiger partial charge in [0.25, 0.3) is 0 Å². The molecule has 2 rings (SSSR count). The summed E-state index contributed by atoms with van der Waals surface area (Å²) in [5.41, 5.74) is 0.533. The molecule has 1 aromatic rings. The molecule has 1 aromatic carbocycles. The number of amides is 2. The molecule has 1 aliphatic heterocycles. The van der Waals surface area contributed by atoms with Crippen molar-refractivity contribution in [3.8, 4) is 5.75 Å². The van der Waals surface area contributed by atoms with E-state index >= 15 is 0 Å². The van der Waals surface area contributed by atoms with E-state index in [2.05, 4.69) is 29.4 Å². The van der Waals surface area contributed by atoms with Gasteiger partial charge < -0.3 is 20.1 Å². The fourth-order valence-corrected chi connectivity index (χ4v) is 2.88. The van der Waals surface area contributed by atoms with E-state index in [9.17, 15) is 4.79 Å². The van der Waals surface area contributed by atoms with Gasteiger partial charge >= 0.3 is 6.03 Å². The summed E-state index contributed by atoms with van der Waals surface area (Å²) in [6.45, 7) is 5.83. The lowest BCUT2D eigenvalue weighted by atomic mass is 10.2. The second kappa shape index (κ2) is 7.86. The number of benzene rings is 1. The molecule has 2 N–H and O–H groups in total. The Morgan fingerprint density at radius 2 is 2.09 bits per heavy atom. The van der Waals surface area contributed by atoms with E-state index < -0.39 is 0 Å². The third kappa shape index (κ3) is 4.50. The Morgan fingerprint density at radius 3 is 2.70 bits per heavy atom. The van der Waals surface area contributed by atoms with Crippen molar-refractivity contribution in [2.24, 2.45) is 0 Å². The highest BCUT2D eigenvalue weighted by Crippen LogP contribution is 2.27. The van der Waals surface area contributed by atoms with E-state index in [-0.39, 0.29) is 18.2 Å². The predicted molar refractivity (Wildman–Crippen MR) is 91.5 cm³/mol. The highest BCUT2D eigenvalue weighted by atomic mass is 35.5. The molecule has 23 heavy (non-hydrogen) atoms. The Balaban J connectivity index is 2.00. The number of urea groups is 1. The van der Waals surface area contributed by atoms with Gasteiger partial charge in [-0.15, -0.1) is 0 Å². The molecule has 0 saturated carbocycles. The fourth-order valence-electron chi connectivity index (χ4n) is 2.71. The highest BCUT2D eigenvalue weighted by molar-refractivity contribution is 6.31. The molecule has 2 atom stereocenters. The number of nitrogens with zero attached hydrogens (tertiary/aromatic N) is 1. The van der Waals surface area contributed by atoms with Crippen LogP contribution in [0.3, 0.4) is 0 Å². The van der Waals surface area contributed by atoms with Gasteiger partial charge in [-0.1, -0.05) is 11.6 Å². The third-order valence-electron chi connectivity index (χ3n) is 4.05. The number of hydrogen-bond donors (Lipinski definition) is 2. The zero-order valence-corrected chi connectivity index (χ0v) is 14.7. The van der Waals surface area contributed by atoms with Crippen molar-refractivity contribution in [2.75, 3.05) is 32.6 Å². The molecule has 2 amide bonds. The first-order chi connectivity index (χ1) is 10.9. The van der Waals surface area contributed by atoms with Crippen molar-refractivity contribution in [3.05, 3.63) is 23.2 Å². The molecule has 0 radical (unpaired) electrons. The quantitative estimate of drug-likeness (QED) is 0.864. The van der Waals surface area contributed by atoms with Crippen molar-refractivity contribution in [1.82, 2.24) is 10.2 Å². The molecule has 128 valence electrons. The molecule has 1 heterocycles. The van der Waals surface area contributed by atoms with Gasteiger partial charge in [0, 0.05) is 31.3 Å². The minimum Gasteiger partial charge on any atom is -0.495 e. The number of carbonyl (C=O) groups excluding carboxylic acids is 1. The van der Waals surface area contributed by atoms with Crippen LogP contribution in [-0.2, 0) is 4.74 Å². The predicted octanol–water partition coefficient (Wildman–Crippen LogP) is 2.58. The van der Waals surface area contributed by atoms with E-state index in [4.69, 9.17) is 21.1 Å². The summed E-state index contributed by atoms with van der Waals surface area (Å²) in [6.07, 6.45) is -0.0237. The number of ether oxygens (including phenoxy) is 2. The number of nitrogens with one attached hydrogen (secondary N) is 2. The average molecular weight is 342 g/mol. The second-order valence-corrected chi connectivity index (χ2v) is 6.31. The van der Waals surface area contributed by atoms with E-state index in [0.29, 0.717) is 22.5 Å². The van der Waals surface area contributed by atoms with Gasteiger partial charge in [0.2, 0.25) is 0 Å². The molecule has 0 bridgehead atoms.